The molecule has 5 heteroatoms. The van der Waals surface area contributed by atoms with Crippen molar-refractivity contribution in [3.63, 3.8) is 0 Å². The van der Waals surface area contributed by atoms with Crippen LogP contribution in [0.15, 0.2) is 92.3 Å². The third-order valence-electron chi connectivity index (χ3n) is 4.05. The number of hydrogen-bond acceptors (Lipinski definition) is 2. The fraction of sp³-hybridized carbons (Fsp3) is 0. The molecule has 0 amide bonds. The summed E-state index contributed by atoms with van der Waals surface area (Å²) < 4.78 is 3.04. The molecular formula is C22H13Br3N2. The number of hydrogen-bond donors (Lipinski definition) is 0. The molecule has 4 rings (SSSR count). The Labute approximate surface area is 183 Å². The van der Waals surface area contributed by atoms with E-state index in [1.807, 2.05) is 54.6 Å². The third kappa shape index (κ3) is 4.37. The van der Waals surface area contributed by atoms with E-state index in [0.717, 1.165) is 41.5 Å². The fourth-order valence-electron chi connectivity index (χ4n) is 2.80. The summed E-state index contributed by atoms with van der Waals surface area (Å²) in [6, 6.07) is 26.4. The van der Waals surface area contributed by atoms with Gasteiger partial charge >= 0.3 is 0 Å². The lowest BCUT2D eigenvalue weighted by molar-refractivity contribution is 1.18. The molecule has 1 heterocycles. The Kier molecular flexibility index (Phi) is 5.53. The quantitative estimate of drug-likeness (QED) is 0.263. The molecule has 0 spiro atoms. The molecule has 0 radical (unpaired) electrons. The molecule has 0 fully saturated rings. The second-order valence-corrected chi connectivity index (χ2v) is 8.74. The molecule has 0 aliphatic carbocycles. The van der Waals surface area contributed by atoms with Crippen molar-refractivity contribution in [2.45, 2.75) is 0 Å². The predicted octanol–water partition coefficient (Wildman–Crippen LogP) is 7.77. The number of halogens is 3. The zero-order valence-corrected chi connectivity index (χ0v) is 18.8. The maximum Gasteiger partial charge on any atom is 0.160 e. The largest absolute Gasteiger partial charge is 0.228 e. The SMILES string of the molecule is Brc1cccc(-c2cc(-c3cccc(Br)c3)nc(-c3cccc(Br)c3)n2)c1. The number of aromatic nitrogens is 2. The van der Waals surface area contributed by atoms with Crippen molar-refractivity contribution in [1.82, 2.24) is 9.97 Å². The first-order chi connectivity index (χ1) is 13.1. The van der Waals surface area contributed by atoms with Gasteiger partial charge in [-0.15, -0.1) is 0 Å². The van der Waals surface area contributed by atoms with Gasteiger partial charge in [0.2, 0.25) is 0 Å². The van der Waals surface area contributed by atoms with Gasteiger partial charge in [-0.1, -0.05) is 84.2 Å². The Balaban J connectivity index is 1.94. The highest BCUT2D eigenvalue weighted by atomic mass is 79.9. The van der Waals surface area contributed by atoms with E-state index in [4.69, 9.17) is 9.97 Å². The van der Waals surface area contributed by atoms with E-state index < -0.39 is 0 Å². The summed E-state index contributed by atoms with van der Waals surface area (Å²) in [7, 11) is 0. The molecule has 132 valence electrons. The van der Waals surface area contributed by atoms with Crippen molar-refractivity contribution >= 4 is 47.8 Å². The number of nitrogens with zero attached hydrogens (tertiary/aromatic N) is 2. The van der Waals surface area contributed by atoms with Gasteiger partial charge < -0.3 is 0 Å². The molecular weight excluding hydrogens is 532 g/mol. The molecule has 0 aliphatic rings. The lowest BCUT2D eigenvalue weighted by atomic mass is 10.1. The van der Waals surface area contributed by atoms with Crippen LogP contribution in [0.2, 0.25) is 0 Å². The van der Waals surface area contributed by atoms with E-state index in [9.17, 15) is 0 Å². The van der Waals surface area contributed by atoms with Crippen LogP contribution in [0, 0.1) is 0 Å². The summed E-state index contributed by atoms with van der Waals surface area (Å²) in [5.41, 5.74) is 4.82. The van der Waals surface area contributed by atoms with Crippen LogP contribution in [-0.2, 0) is 0 Å². The van der Waals surface area contributed by atoms with Gasteiger partial charge in [-0.3, -0.25) is 0 Å². The van der Waals surface area contributed by atoms with Crippen molar-refractivity contribution < 1.29 is 0 Å². The van der Waals surface area contributed by atoms with E-state index >= 15 is 0 Å². The molecule has 0 N–H and O–H groups in total. The molecule has 0 bridgehead atoms. The lowest BCUT2D eigenvalue weighted by Gasteiger charge is -2.10. The Bertz CT molecular complexity index is 972. The average Bonchev–Trinajstić information content (AvgIpc) is 2.68. The van der Waals surface area contributed by atoms with E-state index in [2.05, 4.69) is 72.1 Å². The topological polar surface area (TPSA) is 25.8 Å². The highest BCUT2D eigenvalue weighted by Crippen LogP contribution is 2.30. The Morgan fingerprint density at radius 3 is 1.33 bits per heavy atom. The van der Waals surface area contributed by atoms with Crippen LogP contribution < -0.4 is 0 Å². The summed E-state index contributed by atoms with van der Waals surface area (Å²) >= 11 is 10.6. The Morgan fingerprint density at radius 1 is 0.481 bits per heavy atom. The van der Waals surface area contributed by atoms with Crippen molar-refractivity contribution in [3.8, 4) is 33.9 Å². The first kappa shape index (κ1) is 18.5. The van der Waals surface area contributed by atoms with Crippen LogP contribution in [0.25, 0.3) is 33.9 Å². The van der Waals surface area contributed by atoms with Crippen molar-refractivity contribution in [3.05, 3.63) is 92.3 Å². The number of benzene rings is 3. The minimum atomic E-state index is 0.698. The van der Waals surface area contributed by atoms with Crippen LogP contribution in [0.1, 0.15) is 0 Å². The van der Waals surface area contributed by atoms with Crippen LogP contribution in [-0.4, -0.2) is 9.97 Å². The van der Waals surface area contributed by atoms with Gasteiger partial charge in [0, 0.05) is 30.1 Å². The van der Waals surface area contributed by atoms with E-state index in [-0.39, 0.29) is 0 Å². The highest BCUT2D eigenvalue weighted by molar-refractivity contribution is 9.11. The smallest absolute Gasteiger partial charge is 0.160 e. The van der Waals surface area contributed by atoms with Gasteiger partial charge in [-0.25, -0.2) is 9.97 Å². The Morgan fingerprint density at radius 2 is 0.889 bits per heavy atom. The van der Waals surface area contributed by atoms with Gasteiger partial charge in [-0.2, -0.15) is 0 Å². The standard InChI is InChI=1S/C22H13Br3N2/c23-17-7-1-4-14(10-17)20-13-21(15-5-2-8-18(24)11-15)27-22(26-20)16-6-3-9-19(25)12-16/h1-13H. The van der Waals surface area contributed by atoms with Crippen molar-refractivity contribution in [2.24, 2.45) is 0 Å². The molecule has 0 unspecified atom stereocenters. The molecule has 0 saturated heterocycles. The van der Waals surface area contributed by atoms with Crippen LogP contribution in [0.4, 0.5) is 0 Å². The summed E-state index contributed by atoms with van der Waals surface area (Å²) in [5.74, 6) is 0.698. The minimum absolute atomic E-state index is 0.698. The molecule has 2 nitrogen and oxygen atoms in total. The Hall–Kier alpha value is -1.82. The number of rotatable bonds is 3. The van der Waals surface area contributed by atoms with Gasteiger partial charge in [-0.05, 0) is 42.5 Å². The van der Waals surface area contributed by atoms with E-state index in [1.54, 1.807) is 0 Å². The first-order valence-corrected chi connectivity index (χ1v) is 10.6. The molecule has 27 heavy (non-hydrogen) atoms. The van der Waals surface area contributed by atoms with E-state index in [1.165, 1.54) is 0 Å². The van der Waals surface area contributed by atoms with Crippen LogP contribution in [0.3, 0.4) is 0 Å². The molecule has 1 aromatic heterocycles. The monoisotopic (exact) mass is 542 g/mol. The molecule has 3 aromatic carbocycles. The summed E-state index contributed by atoms with van der Waals surface area (Å²) in [6.45, 7) is 0. The van der Waals surface area contributed by atoms with Gasteiger partial charge in [0.05, 0.1) is 11.4 Å². The summed E-state index contributed by atoms with van der Waals surface area (Å²) in [4.78, 5) is 9.68. The zero-order valence-electron chi connectivity index (χ0n) is 14.0. The fourth-order valence-corrected chi connectivity index (χ4v) is 3.99. The molecule has 0 atom stereocenters. The second-order valence-electron chi connectivity index (χ2n) is 5.99. The zero-order chi connectivity index (χ0) is 18.8. The maximum absolute atomic E-state index is 4.84. The van der Waals surface area contributed by atoms with Crippen molar-refractivity contribution in [2.75, 3.05) is 0 Å². The van der Waals surface area contributed by atoms with Gasteiger partial charge in [0.25, 0.3) is 0 Å². The normalized spacial score (nSPS) is 10.8. The second kappa shape index (κ2) is 8.05. The average molecular weight is 545 g/mol. The maximum atomic E-state index is 4.84. The van der Waals surface area contributed by atoms with Crippen LogP contribution >= 0.6 is 47.8 Å². The highest BCUT2D eigenvalue weighted by Gasteiger charge is 2.11. The lowest BCUT2D eigenvalue weighted by Crippen LogP contribution is -1.96. The van der Waals surface area contributed by atoms with E-state index in [0.29, 0.717) is 5.82 Å². The predicted molar refractivity (Wildman–Crippen MR) is 121 cm³/mol. The minimum Gasteiger partial charge on any atom is -0.228 e. The van der Waals surface area contributed by atoms with Gasteiger partial charge in [0.15, 0.2) is 5.82 Å². The first-order valence-electron chi connectivity index (χ1n) is 8.25. The van der Waals surface area contributed by atoms with Gasteiger partial charge in [0.1, 0.15) is 0 Å². The summed E-state index contributed by atoms with van der Waals surface area (Å²) in [5, 5.41) is 0. The van der Waals surface area contributed by atoms with Crippen molar-refractivity contribution in [1.29, 1.82) is 0 Å². The summed E-state index contributed by atoms with van der Waals surface area (Å²) in [6.07, 6.45) is 0. The molecule has 0 saturated carbocycles. The third-order valence-corrected chi connectivity index (χ3v) is 5.53. The molecule has 4 aromatic rings. The van der Waals surface area contributed by atoms with Crippen LogP contribution in [0.5, 0.6) is 0 Å². The molecule has 0 aliphatic heterocycles.